The van der Waals surface area contributed by atoms with Crippen molar-refractivity contribution in [1.82, 2.24) is 5.32 Å². The Labute approximate surface area is 184 Å². The Balaban J connectivity index is 1.81. The monoisotopic (exact) mass is 439 g/mol. The average molecular weight is 440 g/mol. The van der Waals surface area contributed by atoms with E-state index in [4.69, 9.17) is 18.9 Å². The molecule has 31 heavy (non-hydrogen) atoms. The Morgan fingerprint density at radius 3 is 2.58 bits per heavy atom. The molecule has 2 rings (SSSR count). The molecule has 176 valence electrons. The predicted molar refractivity (Wildman–Crippen MR) is 115 cm³/mol. The number of epoxide rings is 1. The van der Waals surface area contributed by atoms with E-state index < -0.39 is 11.7 Å². The first kappa shape index (κ1) is 25.7. The van der Waals surface area contributed by atoms with E-state index in [1.54, 1.807) is 26.4 Å². The third-order valence-corrected chi connectivity index (χ3v) is 6.08. The molecular weight excluding hydrogens is 402 g/mol. The fraction of sp³-hybridized carbons (Fsp3) is 0.739. The second-order valence-electron chi connectivity index (χ2n) is 8.66. The van der Waals surface area contributed by atoms with Gasteiger partial charge >= 0.3 is 0 Å². The summed E-state index contributed by atoms with van der Waals surface area (Å²) >= 11 is 0. The van der Waals surface area contributed by atoms with Gasteiger partial charge in [0.15, 0.2) is 0 Å². The highest BCUT2D eigenvalue weighted by Crippen LogP contribution is 2.44. The summed E-state index contributed by atoms with van der Waals surface area (Å²) < 4.78 is 22.3. The molecule has 2 amide bonds. The van der Waals surface area contributed by atoms with Crippen LogP contribution in [0.15, 0.2) is 24.8 Å². The van der Waals surface area contributed by atoms with Gasteiger partial charge in [-0.05, 0) is 25.7 Å². The van der Waals surface area contributed by atoms with E-state index in [0.717, 1.165) is 12.8 Å². The minimum Gasteiger partial charge on any atom is -0.389 e. The molecule has 2 aliphatic rings. The van der Waals surface area contributed by atoms with E-state index in [-0.39, 0.29) is 48.8 Å². The van der Waals surface area contributed by atoms with Crippen molar-refractivity contribution in [3.05, 3.63) is 24.8 Å². The highest BCUT2D eigenvalue weighted by molar-refractivity contribution is 5.97. The van der Waals surface area contributed by atoms with Crippen LogP contribution in [0.4, 0.5) is 0 Å². The number of hydrogen-bond acceptors (Lipinski definition) is 7. The van der Waals surface area contributed by atoms with Crippen LogP contribution >= 0.6 is 0 Å². The highest BCUT2D eigenvalue weighted by atomic mass is 16.7. The molecular formula is C23H37NO7. The molecule has 8 heteroatoms. The summed E-state index contributed by atoms with van der Waals surface area (Å²) in [5.41, 5.74) is -0.484. The molecule has 0 aromatic rings. The number of rotatable bonds is 14. The second kappa shape index (κ2) is 11.9. The Morgan fingerprint density at radius 1 is 1.32 bits per heavy atom. The van der Waals surface area contributed by atoms with Crippen molar-refractivity contribution >= 4 is 11.8 Å². The normalized spacial score (nSPS) is 28.2. The fourth-order valence-corrected chi connectivity index (χ4v) is 4.30. The molecule has 2 N–H and O–H groups in total. The van der Waals surface area contributed by atoms with Gasteiger partial charge in [-0.15, -0.1) is 6.58 Å². The Kier molecular flexibility index (Phi) is 9.84. The summed E-state index contributed by atoms with van der Waals surface area (Å²) in [7, 11) is 3.18. The van der Waals surface area contributed by atoms with Gasteiger partial charge in [0.1, 0.15) is 18.5 Å². The topological polar surface area (TPSA) is 107 Å². The lowest BCUT2D eigenvalue weighted by molar-refractivity contribution is -0.134. The summed E-state index contributed by atoms with van der Waals surface area (Å²) in [5.74, 6) is -0.337. The molecule has 2 fully saturated rings. The minimum atomic E-state index is -0.606. The van der Waals surface area contributed by atoms with E-state index in [9.17, 15) is 14.7 Å². The van der Waals surface area contributed by atoms with Crippen LogP contribution in [0.1, 0.15) is 46.0 Å². The maximum Gasteiger partial charge on any atom is 0.226 e. The standard InChI is InChI=1S/C23H37NO7/c1-6-18(29-5)21(30-14-28-4)15(2)22-23(3,31-22)11-10-17(25)9-7-8-16-12-19(26)24-20(27)13-16/h6,10-11,15-18,21-22,25H,1,7-9,12-14H2,2-5H3,(H,24,26,27)/b11-10+/t15-,17+,18-,21-,22+,23-/m0/s1. The Morgan fingerprint density at radius 2 is 2.00 bits per heavy atom. The van der Waals surface area contributed by atoms with Crippen LogP contribution < -0.4 is 5.32 Å². The molecule has 2 heterocycles. The summed E-state index contributed by atoms with van der Waals surface area (Å²) in [6.07, 6.45) is 6.94. The van der Waals surface area contributed by atoms with Gasteiger partial charge in [-0.25, -0.2) is 0 Å². The van der Waals surface area contributed by atoms with Crippen molar-refractivity contribution < 1.29 is 33.6 Å². The highest BCUT2D eigenvalue weighted by Gasteiger charge is 2.55. The number of imide groups is 1. The van der Waals surface area contributed by atoms with Gasteiger partial charge in [-0.3, -0.25) is 14.9 Å². The maximum absolute atomic E-state index is 11.4. The summed E-state index contributed by atoms with van der Waals surface area (Å²) in [5, 5.41) is 12.6. The third-order valence-electron chi connectivity index (χ3n) is 6.08. The van der Waals surface area contributed by atoms with Crippen LogP contribution in [0.5, 0.6) is 0 Å². The molecule has 8 nitrogen and oxygen atoms in total. The van der Waals surface area contributed by atoms with Crippen LogP contribution in [-0.4, -0.2) is 68.0 Å². The lowest BCUT2D eigenvalue weighted by Gasteiger charge is -2.28. The third kappa shape index (κ3) is 7.50. The summed E-state index contributed by atoms with van der Waals surface area (Å²) in [4.78, 5) is 22.9. The first-order chi connectivity index (χ1) is 14.7. The number of hydrogen-bond donors (Lipinski definition) is 2. The molecule has 2 saturated heterocycles. The lowest BCUT2D eigenvalue weighted by atomic mass is 9.89. The number of ether oxygens (including phenoxy) is 4. The van der Waals surface area contributed by atoms with Gasteiger partial charge in [-0.2, -0.15) is 0 Å². The molecule has 2 aliphatic heterocycles. The number of carbonyl (C=O) groups is 2. The SMILES string of the molecule is C=C[C@H](OC)[C@@H](OCOC)[C@H](C)[C@H]1O[C@@]1(C)/C=C/[C@H](O)CCCC1CC(=O)NC(=O)C1. The molecule has 0 bridgehead atoms. The van der Waals surface area contributed by atoms with Crippen LogP contribution in [0.25, 0.3) is 0 Å². The van der Waals surface area contributed by atoms with Crippen molar-refractivity contribution in [2.24, 2.45) is 11.8 Å². The van der Waals surface area contributed by atoms with E-state index >= 15 is 0 Å². The maximum atomic E-state index is 11.4. The molecule has 0 spiro atoms. The van der Waals surface area contributed by atoms with Gasteiger partial charge in [-0.1, -0.05) is 31.6 Å². The smallest absolute Gasteiger partial charge is 0.226 e. The number of piperidine rings is 1. The van der Waals surface area contributed by atoms with E-state index in [1.807, 2.05) is 19.9 Å². The zero-order chi connectivity index (χ0) is 23.0. The Hall–Kier alpha value is -1.58. The van der Waals surface area contributed by atoms with Crippen LogP contribution in [0.3, 0.4) is 0 Å². The van der Waals surface area contributed by atoms with Crippen LogP contribution in [0, 0.1) is 11.8 Å². The number of aliphatic hydroxyl groups excluding tert-OH is 1. The predicted octanol–water partition coefficient (Wildman–Crippen LogP) is 2.11. The van der Waals surface area contributed by atoms with Gasteiger partial charge in [0.05, 0.1) is 18.3 Å². The number of nitrogens with one attached hydrogen (secondary N) is 1. The van der Waals surface area contributed by atoms with Crippen molar-refractivity contribution in [3.63, 3.8) is 0 Å². The molecule has 0 aromatic carbocycles. The first-order valence-corrected chi connectivity index (χ1v) is 10.9. The van der Waals surface area contributed by atoms with Gasteiger partial charge < -0.3 is 24.1 Å². The summed E-state index contributed by atoms with van der Waals surface area (Å²) in [6.45, 7) is 7.98. The quantitative estimate of drug-likeness (QED) is 0.185. The van der Waals surface area contributed by atoms with E-state index in [0.29, 0.717) is 19.3 Å². The molecule has 0 saturated carbocycles. The lowest BCUT2D eigenvalue weighted by Crippen LogP contribution is -2.39. The number of amides is 2. The van der Waals surface area contributed by atoms with Crippen molar-refractivity contribution in [2.45, 2.75) is 76.0 Å². The van der Waals surface area contributed by atoms with E-state index in [2.05, 4.69) is 11.9 Å². The summed E-state index contributed by atoms with van der Waals surface area (Å²) in [6, 6.07) is 0. The molecule has 0 unspecified atom stereocenters. The van der Waals surface area contributed by atoms with E-state index in [1.165, 1.54) is 0 Å². The fourth-order valence-electron chi connectivity index (χ4n) is 4.30. The Bertz CT molecular complexity index is 636. The average Bonchev–Trinajstić information content (AvgIpc) is 3.40. The zero-order valence-electron chi connectivity index (χ0n) is 19.0. The van der Waals surface area contributed by atoms with Gasteiger partial charge in [0.2, 0.25) is 11.8 Å². The van der Waals surface area contributed by atoms with Gasteiger partial charge in [0.25, 0.3) is 0 Å². The van der Waals surface area contributed by atoms with Crippen molar-refractivity contribution in [3.8, 4) is 0 Å². The molecule has 0 aromatic heterocycles. The van der Waals surface area contributed by atoms with Crippen molar-refractivity contribution in [1.29, 1.82) is 0 Å². The first-order valence-electron chi connectivity index (χ1n) is 10.9. The molecule has 0 aliphatic carbocycles. The second-order valence-corrected chi connectivity index (χ2v) is 8.66. The van der Waals surface area contributed by atoms with Crippen molar-refractivity contribution in [2.75, 3.05) is 21.0 Å². The van der Waals surface area contributed by atoms with Gasteiger partial charge in [0, 0.05) is 33.0 Å². The number of carbonyl (C=O) groups excluding carboxylic acids is 2. The largest absolute Gasteiger partial charge is 0.389 e. The molecule has 6 atom stereocenters. The minimum absolute atomic E-state index is 0.0138. The molecule has 0 radical (unpaired) electrons. The zero-order valence-corrected chi connectivity index (χ0v) is 19.0. The van der Waals surface area contributed by atoms with Crippen LogP contribution in [-0.2, 0) is 28.5 Å². The number of methoxy groups -OCH3 is 2. The van der Waals surface area contributed by atoms with Crippen LogP contribution in [0.2, 0.25) is 0 Å². The number of aliphatic hydroxyl groups is 1.